The van der Waals surface area contributed by atoms with Crippen LogP contribution in [0.5, 0.6) is 0 Å². The van der Waals surface area contributed by atoms with Gasteiger partial charge in [0.2, 0.25) is 0 Å². The normalized spacial score (nSPS) is 11.6. The van der Waals surface area contributed by atoms with Crippen molar-refractivity contribution < 1.29 is 18.0 Å². The Bertz CT molecular complexity index is 1360. The number of pyridine rings is 2. The molecule has 0 aliphatic heterocycles. The smallest absolute Gasteiger partial charge is 0.383 e. The number of benzene rings is 1. The molecule has 0 aliphatic rings. The summed E-state index contributed by atoms with van der Waals surface area (Å²) in [6.07, 6.45) is -2.97. The summed E-state index contributed by atoms with van der Waals surface area (Å²) < 4.78 is 38.6. The Morgan fingerprint density at radius 1 is 1.00 bits per heavy atom. The van der Waals surface area contributed by atoms with Gasteiger partial charge < -0.3 is 10.6 Å². The minimum absolute atomic E-state index is 0.0446. The van der Waals surface area contributed by atoms with Gasteiger partial charge in [-0.15, -0.1) is 5.10 Å². The Morgan fingerprint density at radius 2 is 1.79 bits per heavy atom. The van der Waals surface area contributed by atoms with Crippen LogP contribution < -0.4 is 5.73 Å². The number of amides is 1. The SMILES string of the molecule is Cc1cc2cc(C(=O)N(Cc3ccc(C(F)(F)F)nn3)Cc3ncccc3C)ccc2nc1N. The molecule has 0 saturated heterocycles. The van der Waals surface area contributed by atoms with Crippen molar-refractivity contribution in [1.29, 1.82) is 0 Å². The fraction of sp³-hybridized carbons (Fsp3) is 0.208. The van der Waals surface area contributed by atoms with Crippen LogP contribution in [0.3, 0.4) is 0 Å². The Morgan fingerprint density at radius 3 is 2.47 bits per heavy atom. The zero-order valence-electron chi connectivity index (χ0n) is 18.5. The molecule has 3 aromatic heterocycles. The summed E-state index contributed by atoms with van der Waals surface area (Å²) in [5.41, 5.74) is 8.40. The van der Waals surface area contributed by atoms with Gasteiger partial charge in [0.1, 0.15) is 5.82 Å². The van der Waals surface area contributed by atoms with Gasteiger partial charge in [0.15, 0.2) is 5.69 Å². The van der Waals surface area contributed by atoms with Crippen LogP contribution in [0.1, 0.15) is 38.6 Å². The molecule has 0 saturated carbocycles. The van der Waals surface area contributed by atoms with Crippen LogP contribution in [0.15, 0.2) is 54.7 Å². The number of alkyl halides is 3. The third-order valence-corrected chi connectivity index (χ3v) is 5.40. The van der Waals surface area contributed by atoms with E-state index in [9.17, 15) is 18.0 Å². The summed E-state index contributed by atoms with van der Waals surface area (Å²) in [7, 11) is 0. The number of fused-ring (bicyclic) bond motifs is 1. The van der Waals surface area contributed by atoms with Gasteiger partial charge in [0.05, 0.1) is 30.0 Å². The molecule has 1 aromatic carbocycles. The standard InChI is InChI=1S/C24H21F3N6O/c1-14-4-3-9-29-20(14)13-33(12-18-6-8-21(32-31-18)24(25,26)27)23(34)16-5-7-19-17(11-16)10-15(2)22(28)30-19/h3-11H,12-13H2,1-2H3,(H2,28,30). The molecule has 0 spiro atoms. The molecule has 34 heavy (non-hydrogen) atoms. The lowest BCUT2D eigenvalue weighted by molar-refractivity contribution is -0.141. The minimum Gasteiger partial charge on any atom is -0.383 e. The van der Waals surface area contributed by atoms with Crippen LogP contribution in [0.4, 0.5) is 19.0 Å². The number of halogens is 3. The Kier molecular flexibility index (Phi) is 6.14. The van der Waals surface area contributed by atoms with E-state index in [4.69, 9.17) is 5.73 Å². The van der Waals surface area contributed by atoms with Gasteiger partial charge in [-0.1, -0.05) is 6.07 Å². The van der Waals surface area contributed by atoms with Crippen LogP contribution in [0.25, 0.3) is 10.9 Å². The molecule has 10 heteroatoms. The van der Waals surface area contributed by atoms with Crippen molar-refractivity contribution in [3.63, 3.8) is 0 Å². The lowest BCUT2D eigenvalue weighted by atomic mass is 10.1. The van der Waals surface area contributed by atoms with Gasteiger partial charge in [-0.25, -0.2) is 4.98 Å². The summed E-state index contributed by atoms with van der Waals surface area (Å²) in [6, 6.07) is 12.7. The monoisotopic (exact) mass is 466 g/mol. The van der Waals surface area contributed by atoms with Crippen LogP contribution in [0, 0.1) is 13.8 Å². The van der Waals surface area contributed by atoms with Gasteiger partial charge >= 0.3 is 6.18 Å². The summed E-state index contributed by atoms with van der Waals surface area (Å²) in [6.45, 7) is 3.80. The highest BCUT2D eigenvalue weighted by atomic mass is 19.4. The molecular weight excluding hydrogens is 445 g/mol. The maximum atomic E-state index is 13.5. The third kappa shape index (κ3) is 4.95. The molecular formula is C24H21F3N6O. The van der Waals surface area contributed by atoms with E-state index in [2.05, 4.69) is 20.2 Å². The molecule has 174 valence electrons. The number of aromatic nitrogens is 4. The number of nitrogens with two attached hydrogens (primary N) is 1. The number of carbonyl (C=O) groups is 1. The quantitative estimate of drug-likeness (QED) is 0.466. The first kappa shape index (κ1) is 23.1. The summed E-state index contributed by atoms with van der Waals surface area (Å²) >= 11 is 0. The summed E-state index contributed by atoms with van der Waals surface area (Å²) in [4.78, 5) is 23.7. The first-order chi connectivity index (χ1) is 16.1. The van der Waals surface area contributed by atoms with Gasteiger partial charge in [0.25, 0.3) is 5.91 Å². The van der Waals surface area contributed by atoms with Crippen molar-refractivity contribution in [2.75, 3.05) is 5.73 Å². The number of anilines is 1. The molecule has 1 amide bonds. The van der Waals surface area contributed by atoms with E-state index in [1.54, 1.807) is 30.5 Å². The molecule has 4 rings (SSSR count). The summed E-state index contributed by atoms with van der Waals surface area (Å²) in [5, 5.41) is 7.71. The van der Waals surface area contributed by atoms with Gasteiger partial charge in [0, 0.05) is 17.1 Å². The highest BCUT2D eigenvalue weighted by Crippen LogP contribution is 2.27. The fourth-order valence-corrected chi connectivity index (χ4v) is 3.47. The molecule has 0 fully saturated rings. The number of aryl methyl sites for hydroxylation is 2. The molecule has 2 N–H and O–H groups in total. The van der Waals surface area contributed by atoms with E-state index < -0.39 is 11.9 Å². The third-order valence-electron chi connectivity index (χ3n) is 5.40. The molecule has 7 nitrogen and oxygen atoms in total. The summed E-state index contributed by atoms with van der Waals surface area (Å²) in [5.74, 6) is 0.0860. The molecule has 0 radical (unpaired) electrons. The van der Waals surface area contributed by atoms with E-state index in [-0.39, 0.29) is 24.7 Å². The minimum atomic E-state index is -4.59. The molecule has 0 bridgehead atoms. The van der Waals surface area contributed by atoms with Crippen LogP contribution in [0.2, 0.25) is 0 Å². The number of carbonyl (C=O) groups excluding carboxylic acids is 1. The van der Waals surface area contributed by atoms with Crippen LogP contribution in [-0.4, -0.2) is 31.0 Å². The predicted molar refractivity (Wildman–Crippen MR) is 120 cm³/mol. The maximum Gasteiger partial charge on any atom is 0.435 e. The second-order valence-electron chi connectivity index (χ2n) is 7.93. The number of nitrogen functional groups attached to an aromatic ring is 1. The van der Waals surface area contributed by atoms with Gasteiger partial charge in [-0.3, -0.25) is 9.78 Å². The second kappa shape index (κ2) is 9.05. The van der Waals surface area contributed by atoms with E-state index in [1.165, 1.54) is 11.0 Å². The maximum absolute atomic E-state index is 13.5. The highest BCUT2D eigenvalue weighted by molar-refractivity contribution is 5.98. The zero-order chi connectivity index (χ0) is 24.5. The number of rotatable bonds is 5. The molecule has 3 heterocycles. The number of nitrogens with zero attached hydrogens (tertiary/aromatic N) is 5. The molecule has 4 aromatic rings. The van der Waals surface area contributed by atoms with E-state index in [0.29, 0.717) is 22.6 Å². The highest BCUT2D eigenvalue weighted by Gasteiger charge is 2.33. The Labute approximate surface area is 193 Å². The number of hydrogen-bond acceptors (Lipinski definition) is 6. The lowest BCUT2D eigenvalue weighted by Gasteiger charge is -2.23. The number of hydrogen-bond donors (Lipinski definition) is 1. The van der Waals surface area contributed by atoms with Crippen molar-refractivity contribution >= 4 is 22.6 Å². The van der Waals surface area contributed by atoms with E-state index >= 15 is 0 Å². The zero-order valence-corrected chi connectivity index (χ0v) is 18.5. The van der Waals surface area contributed by atoms with Crippen molar-refractivity contribution in [2.24, 2.45) is 0 Å². The van der Waals surface area contributed by atoms with Crippen LogP contribution in [-0.2, 0) is 19.3 Å². The molecule has 0 atom stereocenters. The van der Waals surface area contributed by atoms with Crippen molar-refractivity contribution in [1.82, 2.24) is 25.1 Å². The average Bonchev–Trinajstić information content (AvgIpc) is 2.80. The second-order valence-corrected chi connectivity index (χ2v) is 7.93. The van der Waals surface area contributed by atoms with Gasteiger partial charge in [-0.2, -0.15) is 18.3 Å². The van der Waals surface area contributed by atoms with Gasteiger partial charge in [-0.05, 0) is 67.4 Å². The average molecular weight is 466 g/mol. The largest absolute Gasteiger partial charge is 0.435 e. The topological polar surface area (TPSA) is 97.9 Å². The van der Waals surface area contributed by atoms with Crippen molar-refractivity contribution in [3.05, 3.63) is 88.5 Å². The Hall–Kier alpha value is -4.08. The first-order valence-corrected chi connectivity index (χ1v) is 10.4. The first-order valence-electron chi connectivity index (χ1n) is 10.4. The Balaban J connectivity index is 1.68. The predicted octanol–water partition coefficient (Wildman–Crippen LogP) is 4.48. The fourth-order valence-electron chi connectivity index (χ4n) is 3.47. The van der Waals surface area contributed by atoms with E-state index in [1.807, 2.05) is 26.0 Å². The molecule has 0 unspecified atom stereocenters. The lowest BCUT2D eigenvalue weighted by Crippen LogP contribution is -2.31. The molecule has 0 aliphatic carbocycles. The van der Waals surface area contributed by atoms with Crippen LogP contribution >= 0.6 is 0 Å². The van der Waals surface area contributed by atoms with Crippen molar-refractivity contribution in [3.8, 4) is 0 Å². The van der Waals surface area contributed by atoms with E-state index in [0.717, 1.165) is 22.6 Å². The van der Waals surface area contributed by atoms with Crippen molar-refractivity contribution in [2.45, 2.75) is 33.1 Å².